The van der Waals surface area contributed by atoms with Gasteiger partial charge in [-0.3, -0.25) is 4.79 Å². The molecule has 1 N–H and O–H groups in total. The maximum Gasteiger partial charge on any atom is 0.318 e. The number of carbonyl (C=O) groups excluding carboxylic acids is 1. The molecule has 17 heavy (non-hydrogen) atoms. The molecule has 1 aliphatic heterocycles. The summed E-state index contributed by atoms with van der Waals surface area (Å²) in [7, 11) is 1.49. The van der Waals surface area contributed by atoms with Crippen LogP contribution < -0.4 is 10.1 Å². The minimum absolute atomic E-state index is 0.164. The van der Waals surface area contributed by atoms with Gasteiger partial charge in [0, 0.05) is 18.4 Å². The Morgan fingerprint density at radius 3 is 3.06 bits per heavy atom. The van der Waals surface area contributed by atoms with Crippen molar-refractivity contribution in [3.05, 3.63) is 11.8 Å². The fourth-order valence-electron chi connectivity index (χ4n) is 1.69. The van der Waals surface area contributed by atoms with Crippen molar-refractivity contribution in [1.82, 2.24) is 9.97 Å². The topological polar surface area (TPSA) is 73.3 Å². The van der Waals surface area contributed by atoms with Gasteiger partial charge in [-0.1, -0.05) is 0 Å². The number of ether oxygens (including phenoxy) is 2. The van der Waals surface area contributed by atoms with Crippen molar-refractivity contribution in [2.45, 2.75) is 25.9 Å². The van der Waals surface area contributed by atoms with Crippen LogP contribution in [0.4, 0.5) is 5.82 Å². The number of hydrogen-bond acceptors (Lipinski definition) is 5. The fraction of sp³-hybridized carbons (Fsp3) is 0.545. The summed E-state index contributed by atoms with van der Waals surface area (Å²) >= 11 is 0. The summed E-state index contributed by atoms with van der Waals surface area (Å²) in [5.41, 5.74) is 0.736. The van der Waals surface area contributed by atoms with Gasteiger partial charge in [0.15, 0.2) is 0 Å². The van der Waals surface area contributed by atoms with E-state index < -0.39 is 0 Å². The minimum Gasteiger partial charge on any atom is -0.467 e. The second-order valence-corrected chi connectivity index (χ2v) is 3.87. The molecular weight excluding hydrogens is 222 g/mol. The molecule has 1 aromatic rings. The molecule has 92 valence electrons. The van der Waals surface area contributed by atoms with Crippen molar-refractivity contribution >= 4 is 11.7 Å². The molecule has 0 spiro atoms. The summed E-state index contributed by atoms with van der Waals surface area (Å²) in [5, 5.41) is 2.70. The number of carbonyl (C=O) groups is 1. The molecule has 1 saturated heterocycles. The quantitative estimate of drug-likeness (QED) is 0.845. The molecule has 1 aliphatic rings. The van der Waals surface area contributed by atoms with Gasteiger partial charge in [0.1, 0.15) is 11.9 Å². The Morgan fingerprint density at radius 1 is 1.59 bits per heavy atom. The smallest absolute Gasteiger partial charge is 0.318 e. The maximum absolute atomic E-state index is 11.8. The van der Waals surface area contributed by atoms with E-state index in [-0.39, 0.29) is 18.0 Å². The minimum atomic E-state index is -0.365. The predicted molar refractivity (Wildman–Crippen MR) is 60.9 cm³/mol. The Morgan fingerprint density at radius 2 is 2.41 bits per heavy atom. The van der Waals surface area contributed by atoms with Crippen molar-refractivity contribution in [2.75, 3.05) is 19.0 Å². The Labute approximate surface area is 99.4 Å². The van der Waals surface area contributed by atoms with Crippen molar-refractivity contribution in [1.29, 1.82) is 0 Å². The summed E-state index contributed by atoms with van der Waals surface area (Å²) in [4.78, 5) is 19.9. The predicted octanol–water partition coefficient (Wildman–Crippen LogP) is 0.911. The molecule has 1 amide bonds. The van der Waals surface area contributed by atoms with Crippen LogP contribution in [-0.4, -0.2) is 35.7 Å². The number of aromatic nitrogens is 2. The van der Waals surface area contributed by atoms with E-state index in [4.69, 9.17) is 9.47 Å². The highest BCUT2D eigenvalue weighted by Gasteiger charge is 2.24. The molecule has 1 aromatic heterocycles. The average molecular weight is 237 g/mol. The van der Waals surface area contributed by atoms with E-state index in [1.54, 1.807) is 6.07 Å². The van der Waals surface area contributed by atoms with Crippen LogP contribution in [0.25, 0.3) is 0 Å². The maximum atomic E-state index is 11.8. The van der Waals surface area contributed by atoms with Gasteiger partial charge in [-0.15, -0.1) is 0 Å². The molecular formula is C11H15N3O3. The lowest BCUT2D eigenvalue weighted by atomic mass is 10.2. The summed E-state index contributed by atoms with van der Waals surface area (Å²) in [6.45, 7) is 2.45. The number of amides is 1. The average Bonchev–Trinajstić information content (AvgIpc) is 2.81. The van der Waals surface area contributed by atoms with E-state index in [0.717, 1.165) is 18.5 Å². The summed E-state index contributed by atoms with van der Waals surface area (Å²) in [6.07, 6.45) is 1.31. The van der Waals surface area contributed by atoms with Gasteiger partial charge in [0.25, 0.3) is 5.91 Å². The highest BCUT2D eigenvalue weighted by molar-refractivity contribution is 5.93. The van der Waals surface area contributed by atoms with Crippen molar-refractivity contribution < 1.29 is 14.3 Å². The number of anilines is 1. The van der Waals surface area contributed by atoms with Gasteiger partial charge in [-0.2, -0.15) is 4.98 Å². The Bertz CT molecular complexity index is 416. The van der Waals surface area contributed by atoms with Crippen LogP contribution in [0.5, 0.6) is 6.01 Å². The molecule has 2 rings (SSSR count). The fourth-order valence-corrected chi connectivity index (χ4v) is 1.69. The van der Waals surface area contributed by atoms with Crippen molar-refractivity contribution in [2.24, 2.45) is 0 Å². The second kappa shape index (κ2) is 5.09. The normalized spacial score (nSPS) is 19.1. The first-order chi connectivity index (χ1) is 8.19. The molecule has 6 nitrogen and oxygen atoms in total. The molecule has 6 heteroatoms. The molecule has 0 saturated carbocycles. The molecule has 0 aliphatic carbocycles. The van der Waals surface area contributed by atoms with Crippen LogP contribution in [0.3, 0.4) is 0 Å². The zero-order valence-electron chi connectivity index (χ0n) is 9.90. The summed E-state index contributed by atoms with van der Waals surface area (Å²) in [6, 6.07) is 1.93. The number of methoxy groups -OCH3 is 1. The van der Waals surface area contributed by atoms with E-state index in [1.807, 2.05) is 6.92 Å². The highest BCUT2D eigenvalue weighted by atomic mass is 16.5. The second-order valence-electron chi connectivity index (χ2n) is 3.87. The third kappa shape index (κ3) is 2.91. The highest BCUT2D eigenvalue weighted by Crippen LogP contribution is 2.15. The summed E-state index contributed by atoms with van der Waals surface area (Å²) < 4.78 is 10.2. The number of nitrogens with one attached hydrogen (secondary N) is 1. The lowest BCUT2D eigenvalue weighted by Crippen LogP contribution is -2.27. The first-order valence-corrected chi connectivity index (χ1v) is 5.51. The van der Waals surface area contributed by atoms with E-state index >= 15 is 0 Å². The third-order valence-electron chi connectivity index (χ3n) is 2.49. The summed E-state index contributed by atoms with van der Waals surface area (Å²) in [5.74, 6) is 0.275. The van der Waals surface area contributed by atoms with Crippen LogP contribution in [0.15, 0.2) is 6.07 Å². The Balaban J connectivity index is 2.06. The van der Waals surface area contributed by atoms with Gasteiger partial charge in [-0.25, -0.2) is 4.98 Å². The molecule has 0 aromatic carbocycles. The van der Waals surface area contributed by atoms with E-state index in [2.05, 4.69) is 15.3 Å². The van der Waals surface area contributed by atoms with Gasteiger partial charge in [0.05, 0.1) is 7.11 Å². The molecule has 0 radical (unpaired) electrons. The van der Waals surface area contributed by atoms with Gasteiger partial charge >= 0.3 is 6.01 Å². The van der Waals surface area contributed by atoms with Crippen LogP contribution in [-0.2, 0) is 9.53 Å². The number of rotatable bonds is 3. The number of nitrogens with zero attached hydrogens (tertiary/aromatic N) is 2. The van der Waals surface area contributed by atoms with Crippen molar-refractivity contribution in [3.8, 4) is 6.01 Å². The standard InChI is InChI=1S/C11H15N3O3/c1-7-6-9(14-11(12-7)16-2)13-10(15)8-4-3-5-17-8/h6,8H,3-5H2,1-2H3,(H,12,13,14,15)/t8-/m1/s1. The van der Waals surface area contributed by atoms with E-state index in [9.17, 15) is 4.79 Å². The Kier molecular flexibility index (Phi) is 3.53. The van der Waals surface area contributed by atoms with E-state index in [0.29, 0.717) is 12.4 Å². The first-order valence-electron chi connectivity index (χ1n) is 5.51. The monoisotopic (exact) mass is 237 g/mol. The van der Waals surface area contributed by atoms with Crippen LogP contribution >= 0.6 is 0 Å². The third-order valence-corrected chi connectivity index (χ3v) is 2.49. The lowest BCUT2D eigenvalue weighted by molar-refractivity contribution is -0.124. The van der Waals surface area contributed by atoms with Gasteiger partial charge in [-0.05, 0) is 19.8 Å². The zero-order chi connectivity index (χ0) is 12.3. The van der Waals surface area contributed by atoms with Crippen LogP contribution in [0, 0.1) is 6.92 Å². The Hall–Kier alpha value is -1.69. The molecule has 2 heterocycles. The van der Waals surface area contributed by atoms with Crippen molar-refractivity contribution in [3.63, 3.8) is 0 Å². The lowest BCUT2D eigenvalue weighted by Gasteiger charge is -2.10. The number of hydrogen-bond donors (Lipinski definition) is 1. The van der Waals surface area contributed by atoms with Crippen LogP contribution in [0.1, 0.15) is 18.5 Å². The number of aryl methyl sites for hydroxylation is 1. The first kappa shape index (κ1) is 11.8. The molecule has 0 bridgehead atoms. The SMILES string of the molecule is COc1nc(C)cc(NC(=O)[C@H]2CCCO2)n1. The largest absolute Gasteiger partial charge is 0.467 e. The molecule has 0 unspecified atom stereocenters. The van der Waals surface area contributed by atoms with E-state index in [1.165, 1.54) is 7.11 Å². The molecule has 1 atom stereocenters. The zero-order valence-corrected chi connectivity index (χ0v) is 9.90. The van der Waals surface area contributed by atoms with Gasteiger partial charge < -0.3 is 14.8 Å². The van der Waals surface area contributed by atoms with Gasteiger partial charge in [0.2, 0.25) is 0 Å². The molecule has 1 fully saturated rings. The van der Waals surface area contributed by atoms with Crippen LogP contribution in [0.2, 0.25) is 0 Å².